The third kappa shape index (κ3) is 8.58. The average Bonchev–Trinajstić information content (AvgIpc) is 2.99. The summed E-state index contributed by atoms with van der Waals surface area (Å²) in [5, 5.41) is 21.1. The van der Waals surface area contributed by atoms with E-state index in [1.165, 1.54) is 0 Å². The van der Waals surface area contributed by atoms with E-state index in [2.05, 4.69) is 16.8 Å². The number of aliphatic carboxylic acids is 1. The summed E-state index contributed by atoms with van der Waals surface area (Å²) in [4.78, 5) is 25.0. The Balaban J connectivity index is 1.50. The number of benzene rings is 3. The third-order valence-electron chi connectivity index (χ3n) is 7.12. The second-order valence-electron chi connectivity index (χ2n) is 10.3. The molecule has 1 aliphatic rings. The lowest BCUT2D eigenvalue weighted by Crippen LogP contribution is -2.37. The van der Waals surface area contributed by atoms with Crippen molar-refractivity contribution >= 4 is 11.9 Å². The van der Waals surface area contributed by atoms with Crippen molar-refractivity contribution in [1.82, 2.24) is 10.2 Å². The van der Waals surface area contributed by atoms with Gasteiger partial charge in [-0.05, 0) is 34.9 Å². The first kappa shape index (κ1) is 30.1. The second kappa shape index (κ2) is 14.7. The summed E-state index contributed by atoms with van der Waals surface area (Å²) in [5.74, 6) is -1.29. The number of carboxylic acid groups (broad SMARTS) is 1. The van der Waals surface area contributed by atoms with Gasteiger partial charge in [0.15, 0.2) is 6.29 Å². The number of amides is 1. The van der Waals surface area contributed by atoms with Crippen molar-refractivity contribution in [2.24, 2.45) is 0 Å². The van der Waals surface area contributed by atoms with Crippen LogP contribution in [0, 0.1) is 0 Å². The standard InChI is InChI=1S/C33H38N2O6/c1-3-18-35(2)21-28-19-30(25-10-8-23(22-36)9-11-25)41-33(40-28)26-14-12-24(13-15-26)29-7-5-4-6-27(29)20-34-31(37)16-17-32(38)39/h3-15,28,30,33,36H,1,16-22H2,2H3,(H,34,37)(H,38,39)/t28-,30+,33+/m0/s1. The van der Waals surface area contributed by atoms with Gasteiger partial charge in [0, 0.05) is 38.0 Å². The minimum absolute atomic E-state index is 0.000910. The third-order valence-corrected chi connectivity index (χ3v) is 7.12. The van der Waals surface area contributed by atoms with E-state index in [0.717, 1.165) is 46.5 Å². The van der Waals surface area contributed by atoms with Crippen LogP contribution in [0.25, 0.3) is 11.1 Å². The number of rotatable bonds is 13. The Morgan fingerprint density at radius 2 is 1.71 bits per heavy atom. The van der Waals surface area contributed by atoms with Gasteiger partial charge in [-0.15, -0.1) is 6.58 Å². The van der Waals surface area contributed by atoms with Gasteiger partial charge in [-0.2, -0.15) is 0 Å². The molecule has 3 aromatic rings. The zero-order valence-electron chi connectivity index (χ0n) is 23.4. The molecule has 1 saturated heterocycles. The van der Waals surface area contributed by atoms with E-state index in [0.29, 0.717) is 13.0 Å². The van der Waals surface area contributed by atoms with Gasteiger partial charge in [0.05, 0.1) is 25.2 Å². The first-order valence-electron chi connectivity index (χ1n) is 13.8. The molecule has 0 bridgehead atoms. The van der Waals surface area contributed by atoms with Crippen LogP contribution in [0.15, 0.2) is 85.5 Å². The highest BCUT2D eigenvalue weighted by atomic mass is 16.7. The SMILES string of the molecule is C=CCN(C)C[C@@H]1C[C@H](c2ccc(CO)cc2)O[C@H](c2ccc(-c3ccccc3CNC(=O)CCC(=O)O)cc2)O1. The summed E-state index contributed by atoms with van der Waals surface area (Å²) in [6.45, 7) is 5.64. The quantitative estimate of drug-likeness (QED) is 0.254. The van der Waals surface area contributed by atoms with Crippen LogP contribution < -0.4 is 5.32 Å². The molecule has 1 aliphatic heterocycles. The monoisotopic (exact) mass is 558 g/mol. The molecule has 8 nitrogen and oxygen atoms in total. The van der Waals surface area contributed by atoms with E-state index in [9.17, 15) is 14.7 Å². The van der Waals surface area contributed by atoms with E-state index >= 15 is 0 Å². The maximum atomic E-state index is 12.1. The predicted octanol–water partition coefficient (Wildman–Crippen LogP) is 4.99. The fourth-order valence-electron chi connectivity index (χ4n) is 4.95. The Morgan fingerprint density at radius 3 is 2.39 bits per heavy atom. The largest absolute Gasteiger partial charge is 0.481 e. The predicted molar refractivity (Wildman–Crippen MR) is 157 cm³/mol. The van der Waals surface area contributed by atoms with Gasteiger partial charge < -0.3 is 29.9 Å². The first-order chi connectivity index (χ1) is 19.9. The molecule has 216 valence electrons. The van der Waals surface area contributed by atoms with E-state index < -0.39 is 12.3 Å². The Labute approximate surface area is 241 Å². The molecule has 1 fully saturated rings. The number of aliphatic hydroxyl groups excluding tert-OH is 1. The van der Waals surface area contributed by atoms with Gasteiger partial charge in [0.25, 0.3) is 0 Å². The summed E-state index contributed by atoms with van der Waals surface area (Å²) >= 11 is 0. The van der Waals surface area contributed by atoms with Gasteiger partial charge in [-0.1, -0.05) is 78.9 Å². The zero-order valence-corrected chi connectivity index (χ0v) is 23.4. The molecule has 0 unspecified atom stereocenters. The minimum atomic E-state index is -0.993. The first-order valence-corrected chi connectivity index (χ1v) is 13.8. The van der Waals surface area contributed by atoms with Gasteiger partial charge in [0.2, 0.25) is 5.91 Å². The number of carbonyl (C=O) groups is 2. The number of hydrogen-bond acceptors (Lipinski definition) is 6. The van der Waals surface area contributed by atoms with Crippen molar-refractivity contribution in [3.05, 3.63) is 108 Å². The van der Waals surface area contributed by atoms with E-state index in [-0.39, 0.29) is 37.6 Å². The lowest BCUT2D eigenvalue weighted by atomic mass is 9.97. The highest BCUT2D eigenvalue weighted by Gasteiger charge is 2.32. The van der Waals surface area contributed by atoms with Crippen molar-refractivity contribution in [2.45, 2.75) is 50.9 Å². The van der Waals surface area contributed by atoms with Crippen molar-refractivity contribution in [3.8, 4) is 11.1 Å². The number of carboxylic acids is 1. The fraction of sp³-hybridized carbons (Fsp3) is 0.333. The Kier molecular flexibility index (Phi) is 10.8. The number of ether oxygens (including phenoxy) is 2. The normalized spacial score (nSPS) is 18.7. The molecule has 0 radical (unpaired) electrons. The maximum absolute atomic E-state index is 12.1. The second-order valence-corrected chi connectivity index (χ2v) is 10.3. The molecule has 8 heteroatoms. The number of hydrogen-bond donors (Lipinski definition) is 3. The summed E-state index contributed by atoms with van der Waals surface area (Å²) in [6, 6.07) is 23.7. The van der Waals surface area contributed by atoms with Crippen molar-refractivity contribution in [2.75, 3.05) is 20.1 Å². The number of likely N-dealkylation sites (N-methyl/N-ethyl adjacent to an activating group) is 1. The van der Waals surface area contributed by atoms with E-state index in [4.69, 9.17) is 14.6 Å². The minimum Gasteiger partial charge on any atom is -0.481 e. The highest BCUT2D eigenvalue weighted by molar-refractivity contribution is 5.80. The average molecular weight is 559 g/mol. The molecule has 0 aromatic heterocycles. The van der Waals surface area contributed by atoms with Crippen molar-refractivity contribution in [3.63, 3.8) is 0 Å². The van der Waals surface area contributed by atoms with E-state index in [1.54, 1.807) is 0 Å². The van der Waals surface area contributed by atoms with Gasteiger partial charge >= 0.3 is 5.97 Å². The lowest BCUT2D eigenvalue weighted by molar-refractivity contribution is -0.252. The Morgan fingerprint density at radius 1 is 1.00 bits per heavy atom. The Bertz CT molecular complexity index is 1310. The van der Waals surface area contributed by atoms with Crippen LogP contribution in [-0.2, 0) is 32.2 Å². The fourth-order valence-corrected chi connectivity index (χ4v) is 4.95. The Hall–Kier alpha value is -3.82. The molecule has 0 saturated carbocycles. The molecular formula is C33H38N2O6. The highest BCUT2D eigenvalue weighted by Crippen LogP contribution is 2.38. The topological polar surface area (TPSA) is 108 Å². The number of nitrogens with one attached hydrogen (secondary N) is 1. The molecule has 3 atom stereocenters. The molecule has 3 aromatic carbocycles. The van der Waals surface area contributed by atoms with Crippen LogP contribution in [0.3, 0.4) is 0 Å². The molecule has 41 heavy (non-hydrogen) atoms. The number of carbonyl (C=O) groups excluding carboxylic acids is 1. The maximum Gasteiger partial charge on any atom is 0.303 e. The summed E-state index contributed by atoms with van der Waals surface area (Å²) in [7, 11) is 2.04. The van der Waals surface area contributed by atoms with Gasteiger partial charge in [-0.3, -0.25) is 9.59 Å². The zero-order chi connectivity index (χ0) is 29.2. The molecule has 1 heterocycles. The smallest absolute Gasteiger partial charge is 0.303 e. The molecule has 0 aliphatic carbocycles. The molecule has 4 rings (SSSR count). The van der Waals surface area contributed by atoms with Crippen LogP contribution in [-0.4, -0.2) is 53.2 Å². The molecule has 3 N–H and O–H groups in total. The van der Waals surface area contributed by atoms with Crippen LogP contribution in [0.2, 0.25) is 0 Å². The van der Waals surface area contributed by atoms with Crippen LogP contribution in [0.4, 0.5) is 0 Å². The van der Waals surface area contributed by atoms with Crippen LogP contribution in [0.1, 0.15) is 53.9 Å². The van der Waals surface area contributed by atoms with E-state index in [1.807, 2.05) is 85.9 Å². The number of nitrogens with zero attached hydrogens (tertiary/aromatic N) is 1. The van der Waals surface area contributed by atoms with Gasteiger partial charge in [0.1, 0.15) is 0 Å². The molecular weight excluding hydrogens is 520 g/mol. The van der Waals surface area contributed by atoms with Crippen molar-refractivity contribution < 1.29 is 29.3 Å². The lowest BCUT2D eigenvalue weighted by Gasteiger charge is -2.37. The van der Waals surface area contributed by atoms with Crippen LogP contribution in [0.5, 0.6) is 0 Å². The van der Waals surface area contributed by atoms with Crippen molar-refractivity contribution in [1.29, 1.82) is 0 Å². The molecule has 1 amide bonds. The van der Waals surface area contributed by atoms with Crippen LogP contribution >= 0.6 is 0 Å². The number of aliphatic hydroxyl groups is 1. The summed E-state index contributed by atoms with van der Waals surface area (Å²) in [6.07, 6.45) is 1.58. The summed E-state index contributed by atoms with van der Waals surface area (Å²) in [5.41, 5.74) is 5.71. The van der Waals surface area contributed by atoms with Gasteiger partial charge in [-0.25, -0.2) is 0 Å². The summed E-state index contributed by atoms with van der Waals surface area (Å²) < 4.78 is 12.9. The molecule has 0 spiro atoms.